The normalized spacial score (nSPS) is 12.4. The summed E-state index contributed by atoms with van der Waals surface area (Å²) in [6, 6.07) is 25.6. The molecule has 0 saturated carbocycles. The maximum absolute atomic E-state index is 10.6. The van der Waals surface area contributed by atoms with E-state index in [1.807, 2.05) is 78.9 Å². The number of aliphatic hydroxyl groups excluding tert-OH is 1. The summed E-state index contributed by atoms with van der Waals surface area (Å²) in [6.45, 7) is 1.32. The van der Waals surface area contributed by atoms with Gasteiger partial charge in [0.15, 0.2) is 0 Å². The van der Waals surface area contributed by atoms with E-state index >= 15 is 0 Å². The number of benzene rings is 3. The van der Waals surface area contributed by atoms with Gasteiger partial charge < -0.3 is 29.8 Å². The SMILES string of the molecule is COc1ccc(C(OCC(O)COCCCN)(c2ccccc2)c2ccc(OC)cc2)cc1. The van der Waals surface area contributed by atoms with Crippen LogP contribution >= 0.6 is 0 Å². The molecule has 176 valence electrons. The molecule has 33 heavy (non-hydrogen) atoms. The Morgan fingerprint density at radius 2 is 1.27 bits per heavy atom. The second kappa shape index (κ2) is 12.4. The highest BCUT2D eigenvalue weighted by Crippen LogP contribution is 2.41. The minimum Gasteiger partial charge on any atom is -0.497 e. The molecule has 1 atom stereocenters. The fraction of sp³-hybridized carbons (Fsp3) is 0.333. The smallest absolute Gasteiger partial charge is 0.143 e. The van der Waals surface area contributed by atoms with Gasteiger partial charge in [0, 0.05) is 6.61 Å². The number of hydrogen-bond donors (Lipinski definition) is 2. The van der Waals surface area contributed by atoms with Crippen molar-refractivity contribution in [2.75, 3.05) is 40.6 Å². The van der Waals surface area contributed by atoms with Crippen LogP contribution in [0.5, 0.6) is 11.5 Å². The molecule has 3 aromatic carbocycles. The van der Waals surface area contributed by atoms with E-state index < -0.39 is 11.7 Å². The van der Waals surface area contributed by atoms with E-state index in [4.69, 9.17) is 24.7 Å². The highest BCUT2D eigenvalue weighted by Gasteiger charge is 2.38. The predicted molar refractivity (Wildman–Crippen MR) is 129 cm³/mol. The first kappa shape index (κ1) is 24.7. The molecule has 0 aliphatic carbocycles. The van der Waals surface area contributed by atoms with Crippen molar-refractivity contribution in [3.05, 3.63) is 95.6 Å². The summed E-state index contributed by atoms with van der Waals surface area (Å²) in [4.78, 5) is 0. The first-order chi connectivity index (χ1) is 16.1. The predicted octanol–water partition coefficient (Wildman–Crippen LogP) is 3.74. The van der Waals surface area contributed by atoms with Crippen molar-refractivity contribution in [2.24, 2.45) is 5.73 Å². The monoisotopic (exact) mass is 451 g/mol. The maximum Gasteiger partial charge on any atom is 0.143 e. The molecule has 0 spiro atoms. The molecule has 6 heteroatoms. The lowest BCUT2D eigenvalue weighted by Gasteiger charge is -2.36. The molecule has 0 bridgehead atoms. The lowest BCUT2D eigenvalue weighted by atomic mass is 9.80. The molecule has 0 fully saturated rings. The second-order valence-electron chi connectivity index (χ2n) is 7.69. The fourth-order valence-electron chi connectivity index (χ4n) is 3.75. The number of nitrogens with two attached hydrogens (primary N) is 1. The van der Waals surface area contributed by atoms with Crippen LogP contribution in [0, 0.1) is 0 Å². The second-order valence-corrected chi connectivity index (χ2v) is 7.69. The highest BCUT2D eigenvalue weighted by molar-refractivity contribution is 5.49. The average Bonchev–Trinajstić information content (AvgIpc) is 2.88. The van der Waals surface area contributed by atoms with Gasteiger partial charge in [-0.2, -0.15) is 0 Å². The van der Waals surface area contributed by atoms with Crippen molar-refractivity contribution in [2.45, 2.75) is 18.1 Å². The topological polar surface area (TPSA) is 83.2 Å². The van der Waals surface area contributed by atoms with Crippen molar-refractivity contribution in [3.8, 4) is 11.5 Å². The number of methoxy groups -OCH3 is 2. The molecule has 0 amide bonds. The third-order valence-corrected chi connectivity index (χ3v) is 5.47. The van der Waals surface area contributed by atoms with E-state index in [0.717, 1.165) is 34.6 Å². The van der Waals surface area contributed by atoms with E-state index in [0.29, 0.717) is 13.2 Å². The first-order valence-corrected chi connectivity index (χ1v) is 11.1. The van der Waals surface area contributed by atoms with Crippen LogP contribution < -0.4 is 15.2 Å². The lowest BCUT2D eigenvalue weighted by molar-refractivity contribution is -0.0639. The fourth-order valence-corrected chi connectivity index (χ4v) is 3.75. The van der Waals surface area contributed by atoms with Crippen molar-refractivity contribution in [1.82, 2.24) is 0 Å². The first-order valence-electron chi connectivity index (χ1n) is 11.1. The molecule has 0 saturated heterocycles. The van der Waals surface area contributed by atoms with Gasteiger partial charge in [-0.25, -0.2) is 0 Å². The van der Waals surface area contributed by atoms with Crippen molar-refractivity contribution >= 4 is 0 Å². The summed E-state index contributed by atoms with van der Waals surface area (Å²) < 4.78 is 22.9. The van der Waals surface area contributed by atoms with Gasteiger partial charge >= 0.3 is 0 Å². The number of rotatable bonds is 13. The van der Waals surface area contributed by atoms with Crippen LogP contribution in [0.2, 0.25) is 0 Å². The zero-order valence-corrected chi connectivity index (χ0v) is 19.3. The van der Waals surface area contributed by atoms with E-state index in [2.05, 4.69) is 0 Å². The third kappa shape index (κ3) is 6.12. The number of aliphatic hydroxyl groups is 1. The summed E-state index contributed by atoms with van der Waals surface area (Å²) in [5, 5.41) is 10.6. The molecular weight excluding hydrogens is 418 g/mol. The Kier molecular flexibility index (Phi) is 9.27. The lowest BCUT2D eigenvalue weighted by Crippen LogP contribution is -2.36. The molecule has 6 nitrogen and oxygen atoms in total. The van der Waals surface area contributed by atoms with Crippen molar-refractivity contribution in [3.63, 3.8) is 0 Å². The van der Waals surface area contributed by atoms with Gasteiger partial charge in [-0.1, -0.05) is 54.6 Å². The number of hydrogen-bond acceptors (Lipinski definition) is 6. The molecule has 0 radical (unpaired) electrons. The minimum atomic E-state index is -0.960. The van der Waals surface area contributed by atoms with E-state index in [-0.39, 0.29) is 13.2 Å². The quantitative estimate of drug-likeness (QED) is 0.304. The summed E-state index contributed by atoms with van der Waals surface area (Å²) in [5.74, 6) is 1.51. The summed E-state index contributed by atoms with van der Waals surface area (Å²) in [6.07, 6.45) is -0.0403. The summed E-state index contributed by atoms with van der Waals surface area (Å²) >= 11 is 0. The molecule has 0 heterocycles. The molecule has 3 rings (SSSR count). The zero-order valence-electron chi connectivity index (χ0n) is 19.3. The molecule has 0 aromatic heterocycles. The number of ether oxygens (including phenoxy) is 4. The standard InChI is InChI=1S/C27H33NO5/c1-30-25-13-9-22(10-14-25)27(21-7-4-3-5-8-21,23-11-15-26(31-2)16-12-23)33-20-24(29)19-32-18-6-17-28/h3-5,7-16,24,29H,6,17-20,28H2,1-2H3. The summed E-state index contributed by atoms with van der Waals surface area (Å²) in [7, 11) is 3.28. The maximum atomic E-state index is 10.6. The van der Waals surface area contributed by atoms with Crippen LogP contribution in [-0.2, 0) is 15.1 Å². The van der Waals surface area contributed by atoms with Gasteiger partial charge in [0.2, 0.25) is 0 Å². The summed E-state index contributed by atoms with van der Waals surface area (Å²) in [5.41, 5.74) is 7.32. The third-order valence-electron chi connectivity index (χ3n) is 5.47. The van der Waals surface area contributed by atoms with Crippen molar-refractivity contribution < 1.29 is 24.1 Å². The van der Waals surface area contributed by atoms with Crippen LogP contribution in [-0.4, -0.2) is 51.8 Å². The largest absolute Gasteiger partial charge is 0.497 e. The Labute approximate surface area is 195 Å². The van der Waals surface area contributed by atoms with Gasteiger partial charge in [-0.15, -0.1) is 0 Å². The van der Waals surface area contributed by atoms with Crippen LogP contribution in [0.3, 0.4) is 0 Å². The van der Waals surface area contributed by atoms with Crippen LogP contribution in [0.15, 0.2) is 78.9 Å². The Morgan fingerprint density at radius 1 is 0.758 bits per heavy atom. The van der Waals surface area contributed by atoms with E-state index in [1.54, 1.807) is 14.2 Å². The van der Waals surface area contributed by atoms with Crippen LogP contribution in [0.25, 0.3) is 0 Å². The van der Waals surface area contributed by atoms with E-state index in [9.17, 15) is 5.11 Å². The Bertz CT molecular complexity index is 897. The minimum absolute atomic E-state index is 0.0789. The van der Waals surface area contributed by atoms with Gasteiger partial charge in [-0.3, -0.25) is 0 Å². The molecular formula is C27H33NO5. The van der Waals surface area contributed by atoms with E-state index in [1.165, 1.54) is 0 Å². The molecule has 3 N–H and O–H groups in total. The molecule has 0 aliphatic rings. The van der Waals surface area contributed by atoms with Crippen molar-refractivity contribution in [1.29, 1.82) is 0 Å². The average molecular weight is 452 g/mol. The zero-order chi connectivity index (χ0) is 23.5. The Morgan fingerprint density at radius 3 is 1.76 bits per heavy atom. The van der Waals surface area contributed by atoms with Gasteiger partial charge in [-0.05, 0) is 53.9 Å². The Hall–Kier alpha value is -2.90. The molecule has 0 aliphatic heterocycles. The molecule has 1 unspecified atom stereocenters. The molecule has 3 aromatic rings. The van der Waals surface area contributed by atoms with Gasteiger partial charge in [0.25, 0.3) is 0 Å². The van der Waals surface area contributed by atoms with Gasteiger partial charge in [0.1, 0.15) is 23.2 Å². The van der Waals surface area contributed by atoms with Crippen LogP contribution in [0.1, 0.15) is 23.1 Å². The van der Waals surface area contributed by atoms with Gasteiger partial charge in [0.05, 0.1) is 27.4 Å². The highest BCUT2D eigenvalue weighted by atomic mass is 16.5. The van der Waals surface area contributed by atoms with Crippen LogP contribution in [0.4, 0.5) is 0 Å². The Balaban J connectivity index is 2.02.